The molecular formula is C18H26N4O4S. The van der Waals surface area contributed by atoms with Crippen LogP contribution in [0.25, 0.3) is 0 Å². The summed E-state index contributed by atoms with van der Waals surface area (Å²) in [6.45, 7) is 5.11. The lowest BCUT2D eigenvalue weighted by atomic mass is 10.00. The van der Waals surface area contributed by atoms with Crippen LogP contribution in [0.1, 0.15) is 18.1 Å². The maximum absolute atomic E-state index is 12.6. The summed E-state index contributed by atoms with van der Waals surface area (Å²) in [6.07, 6.45) is 0.713. The second kappa shape index (κ2) is 7.95. The van der Waals surface area contributed by atoms with Gasteiger partial charge in [-0.2, -0.15) is 0 Å². The third-order valence-electron chi connectivity index (χ3n) is 5.22. The molecule has 0 saturated carbocycles. The van der Waals surface area contributed by atoms with Crippen molar-refractivity contribution in [3.05, 3.63) is 29.3 Å². The Balaban J connectivity index is 1.66. The molecule has 1 aromatic carbocycles. The van der Waals surface area contributed by atoms with Gasteiger partial charge in [0.1, 0.15) is 0 Å². The van der Waals surface area contributed by atoms with Crippen molar-refractivity contribution in [2.75, 3.05) is 46.3 Å². The summed E-state index contributed by atoms with van der Waals surface area (Å²) in [6, 6.07) is 4.96. The van der Waals surface area contributed by atoms with Crippen LogP contribution >= 0.6 is 0 Å². The highest BCUT2D eigenvalue weighted by Gasteiger charge is 2.24. The lowest BCUT2D eigenvalue weighted by molar-refractivity contribution is -0.131. The molecule has 148 valence electrons. The molecule has 1 fully saturated rings. The third kappa shape index (κ3) is 4.66. The zero-order valence-corrected chi connectivity index (χ0v) is 16.6. The minimum atomic E-state index is -3.79. The number of sulfonamides is 1. The molecule has 0 radical (unpaired) electrons. The summed E-state index contributed by atoms with van der Waals surface area (Å²) >= 11 is 0. The van der Waals surface area contributed by atoms with Gasteiger partial charge in [0, 0.05) is 46.2 Å². The molecule has 0 unspecified atom stereocenters. The molecule has 9 heteroatoms. The van der Waals surface area contributed by atoms with Gasteiger partial charge in [-0.25, -0.2) is 13.1 Å². The largest absolute Gasteiger partial charge is 0.339 e. The summed E-state index contributed by atoms with van der Waals surface area (Å²) < 4.78 is 27.6. The summed E-state index contributed by atoms with van der Waals surface area (Å²) in [5.74, 6) is -0.239. The Bertz CT molecular complexity index is 832. The molecule has 2 amide bonds. The molecule has 1 saturated heterocycles. The number of fused-ring (bicyclic) bond motifs is 1. The number of hydrogen-bond donors (Lipinski definition) is 1. The Kier molecular flexibility index (Phi) is 5.83. The number of hydrogen-bond acceptors (Lipinski definition) is 5. The standard InChI is InChI=1S/C18H26N4O4S/c1-14(23)22-6-5-15-3-4-17(11-16(15)13-22)27(25,26)19-12-18(24)21-9-7-20(2)8-10-21/h3-4,11,19H,5-10,12-13H2,1-2H3. The van der Waals surface area contributed by atoms with Crippen LogP contribution in [0.15, 0.2) is 23.1 Å². The second-order valence-electron chi connectivity index (χ2n) is 7.13. The predicted octanol–water partition coefficient (Wildman–Crippen LogP) is -0.356. The van der Waals surface area contributed by atoms with Gasteiger partial charge in [0.05, 0.1) is 11.4 Å². The summed E-state index contributed by atoms with van der Waals surface area (Å²) in [5.41, 5.74) is 1.89. The fourth-order valence-corrected chi connectivity index (χ4v) is 4.40. The fourth-order valence-electron chi connectivity index (χ4n) is 3.38. The van der Waals surface area contributed by atoms with Crippen molar-refractivity contribution < 1.29 is 18.0 Å². The van der Waals surface area contributed by atoms with Crippen LogP contribution in [0.3, 0.4) is 0 Å². The van der Waals surface area contributed by atoms with E-state index in [1.165, 1.54) is 6.92 Å². The van der Waals surface area contributed by atoms with E-state index < -0.39 is 10.0 Å². The summed E-state index contributed by atoms with van der Waals surface area (Å²) in [7, 11) is -1.79. The Morgan fingerprint density at radius 2 is 1.74 bits per heavy atom. The van der Waals surface area contributed by atoms with E-state index >= 15 is 0 Å². The van der Waals surface area contributed by atoms with Crippen molar-refractivity contribution >= 4 is 21.8 Å². The number of benzene rings is 1. The topological polar surface area (TPSA) is 90.0 Å². The lowest BCUT2D eigenvalue weighted by Gasteiger charge is -2.32. The summed E-state index contributed by atoms with van der Waals surface area (Å²) in [4.78, 5) is 29.5. The molecule has 1 aromatic rings. The van der Waals surface area contributed by atoms with E-state index in [0.717, 1.165) is 24.2 Å². The highest BCUT2D eigenvalue weighted by atomic mass is 32.2. The molecule has 27 heavy (non-hydrogen) atoms. The van der Waals surface area contributed by atoms with Crippen molar-refractivity contribution in [2.45, 2.75) is 24.8 Å². The number of carbonyl (C=O) groups is 2. The Morgan fingerprint density at radius 1 is 1.04 bits per heavy atom. The SMILES string of the molecule is CC(=O)N1CCc2ccc(S(=O)(=O)NCC(=O)N3CCN(C)CC3)cc2C1. The van der Waals surface area contributed by atoms with Crippen LogP contribution in [-0.2, 0) is 32.6 Å². The van der Waals surface area contributed by atoms with Gasteiger partial charge >= 0.3 is 0 Å². The van der Waals surface area contributed by atoms with Gasteiger partial charge in [-0.15, -0.1) is 0 Å². The van der Waals surface area contributed by atoms with Crippen molar-refractivity contribution in [1.29, 1.82) is 0 Å². The normalized spacial score (nSPS) is 18.3. The van der Waals surface area contributed by atoms with E-state index in [1.807, 2.05) is 7.05 Å². The van der Waals surface area contributed by atoms with Gasteiger partial charge in [-0.05, 0) is 36.7 Å². The van der Waals surface area contributed by atoms with E-state index in [-0.39, 0.29) is 23.3 Å². The molecule has 2 aliphatic rings. The van der Waals surface area contributed by atoms with E-state index in [9.17, 15) is 18.0 Å². The molecule has 8 nitrogen and oxygen atoms in total. The Labute approximate surface area is 160 Å². The van der Waals surface area contributed by atoms with Crippen molar-refractivity contribution in [2.24, 2.45) is 0 Å². The lowest BCUT2D eigenvalue weighted by Crippen LogP contribution is -2.50. The van der Waals surface area contributed by atoms with Crippen LogP contribution in [0.4, 0.5) is 0 Å². The van der Waals surface area contributed by atoms with E-state index in [2.05, 4.69) is 9.62 Å². The van der Waals surface area contributed by atoms with Crippen LogP contribution < -0.4 is 4.72 Å². The number of rotatable bonds is 4. The third-order valence-corrected chi connectivity index (χ3v) is 6.61. The highest BCUT2D eigenvalue weighted by molar-refractivity contribution is 7.89. The highest BCUT2D eigenvalue weighted by Crippen LogP contribution is 2.22. The molecule has 0 bridgehead atoms. The van der Waals surface area contributed by atoms with E-state index in [0.29, 0.717) is 32.6 Å². The number of carbonyl (C=O) groups excluding carboxylic acids is 2. The van der Waals surface area contributed by atoms with Gasteiger partial charge in [0.2, 0.25) is 21.8 Å². The maximum atomic E-state index is 12.6. The van der Waals surface area contributed by atoms with E-state index in [1.54, 1.807) is 28.0 Å². The fraction of sp³-hybridized carbons (Fsp3) is 0.556. The van der Waals surface area contributed by atoms with Gasteiger partial charge in [0.15, 0.2) is 0 Å². The maximum Gasteiger partial charge on any atom is 0.241 e. The minimum Gasteiger partial charge on any atom is -0.339 e. The van der Waals surface area contributed by atoms with Crippen molar-refractivity contribution in [3.63, 3.8) is 0 Å². The van der Waals surface area contributed by atoms with Gasteiger partial charge < -0.3 is 14.7 Å². The molecule has 0 spiro atoms. The monoisotopic (exact) mass is 394 g/mol. The molecule has 0 aliphatic carbocycles. The van der Waals surface area contributed by atoms with Crippen LogP contribution in [0, 0.1) is 0 Å². The number of nitrogens with one attached hydrogen (secondary N) is 1. The second-order valence-corrected chi connectivity index (χ2v) is 8.90. The minimum absolute atomic E-state index is 0.0233. The smallest absolute Gasteiger partial charge is 0.241 e. The molecule has 1 N–H and O–H groups in total. The average molecular weight is 394 g/mol. The van der Waals surface area contributed by atoms with Crippen molar-refractivity contribution in [3.8, 4) is 0 Å². The first-order valence-electron chi connectivity index (χ1n) is 9.09. The molecular weight excluding hydrogens is 368 g/mol. The zero-order valence-electron chi connectivity index (χ0n) is 15.8. The van der Waals surface area contributed by atoms with Crippen molar-refractivity contribution in [1.82, 2.24) is 19.4 Å². The molecule has 2 aliphatic heterocycles. The molecule has 0 atom stereocenters. The molecule has 0 aromatic heterocycles. The van der Waals surface area contributed by atoms with Crippen LogP contribution in [0.5, 0.6) is 0 Å². The average Bonchev–Trinajstić information content (AvgIpc) is 2.65. The Morgan fingerprint density at radius 3 is 2.41 bits per heavy atom. The number of nitrogens with zero attached hydrogens (tertiary/aromatic N) is 3. The van der Waals surface area contributed by atoms with Gasteiger partial charge in [-0.1, -0.05) is 6.07 Å². The number of piperazine rings is 1. The number of amides is 2. The summed E-state index contributed by atoms with van der Waals surface area (Å²) in [5, 5.41) is 0. The van der Waals surface area contributed by atoms with Crippen LogP contribution in [0.2, 0.25) is 0 Å². The van der Waals surface area contributed by atoms with Gasteiger partial charge in [-0.3, -0.25) is 9.59 Å². The first-order chi connectivity index (χ1) is 12.8. The molecule has 3 rings (SSSR count). The molecule has 2 heterocycles. The van der Waals surface area contributed by atoms with Gasteiger partial charge in [0.25, 0.3) is 0 Å². The first kappa shape index (κ1) is 19.8. The zero-order chi connectivity index (χ0) is 19.6. The van der Waals surface area contributed by atoms with E-state index in [4.69, 9.17) is 0 Å². The van der Waals surface area contributed by atoms with Crippen LogP contribution in [-0.4, -0.2) is 81.2 Å². The first-order valence-corrected chi connectivity index (χ1v) is 10.6. The Hall–Kier alpha value is -1.97. The quantitative estimate of drug-likeness (QED) is 0.754. The number of likely N-dealkylation sites (N-methyl/N-ethyl adjacent to an activating group) is 1. The predicted molar refractivity (Wildman–Crippen MR) is 101 cm³/mol.